The predicted octanol–water partition coefficient (Wildman–Crippen LogP) is 3.32. The molecule has 6 heteroatoms. The van der Waals surface area contributed by atoms with E-state index >= 15 is 0 Å². The van der Waals surface area contributed by atoms with Gasteiger partial charge in [-0.1, -0.05) is 11.6 Å². The Morgan fingerprint density at radius 3 is 2.68 bits per heavy atom. The van der Waals surface area contributed by atoms with E-state index in [0.717, 1.165) is 22.7 Å². The van der Waals surface area contributed by atoms with Crippen LogP contribution in [0.2, 0.25) is 5.02 Å². The molecule has 0 N–H and O–H groups in total. The first-order chi connectivity index (χ1) is 10.6. The lowest BCUT2D eigenvalue weighted by atomic mass is 10.2. The topological polar surface area (TPSA) is 44.9 Å². The average Bonchev–Trinajstić information content (AvgIpc) is 3.07. The molecule has 0 bridgehead atoms. The maximum Gasteiger partial charge on any atom is 0.119 e. The van der Waals surface area contributed by atoms with Crippen molar-refractivity contribution in [1.29, 1.82) is 0 Å². The van der Waals surface area contributed by atoms with Crippen molar-refractivity contribution in [2.24, 2.45) is 7.05 Å². The predicted molar refractivity (Wildman–Crippen MR) is 86.1 cm³/mol. The summed E-state index contributed by atoms with van der Waals surface area (Å²) in [6.45, 7) is 3.27. The molecule has 0 amide bonds. The first kappa shape index (κ1) is 14.7. The second-order valence-electron chi connectivity index (χ2n) is 5.08. The summed E-state index contributed by atoms with van der Waals surface area (Å²) in [6, 6.07) is 7.36. The quantitative estimate of drug-likeness (QED) is 0.725. The Labute approximate surface area is 134 Å². The molecule has 0 saturated carbocycles. The van der Waals surface area contributed by atoms with Crippen LogP contribution in [0.4, 0.5) is 0 Å². The van der Waals surface area contributed by atoms with E-state index < -0.39 is 0 Å². The second-order valence-corrected chi connectivity index (χ2v) is 5.51. The number of nitrogens with zero attached hydrogens (tertiary/aromatic N) is 4. The fraction of sp³-hybridized carbons (Fsp3) is 0.250. The lowest BCUT2D eigenvalue weighted by Crippen LogP contribution is -2.08. The molecule has 0 aliphatic rings. The zero-order chi connectivity index (χ0) is 15.5. The molecule has 0 radical (unpaired) electrons. The number of ether oxygens (including phenoxy) is 1. The summed E-state index contributed by atoms with van der Waals surface area (Å²) in [5, 5.41) is 5.08. The molecule has 1 aromatic carbocycles. The zero-order valence-corrected chi connectivity index (χ0v) is 13.3. The highest BCUT2D eigenvalue weighted by Crippen LogP contribution is 2.22. The van der Waals surface area contributed by atoms with Gasteiger partial charge in [0.15, 0.2) is 0 Å². The van der Waals surface area contributed by atoms with Crippen LogP contribution in [0.5, 0.6) is 5.75 Å². The first-order valence-corrected chi connectivity index (χ1v) is 7.40. The molecule has 22 heavy (non-hydrogen) atoms. The van der Waals surface area contributed by atoms with E-state index in [1.54, 1.807) is 0 Å². The molecule has 114 valence electrons. The lowest BCUT2D eigenvalue weighted by Gasteiger charge is -2.09. The Morgan fingerprint density at radius 2 is 2.00 bits per heavy atom. The van der Waals surface area contributed by atoms with Crippen molar-refractivity contribution < 1.29 is 4.74 Å². The van der Waals surface area contributed by atoms with Crippen LogP contribution < -0.4 is 4.74 Å². The Bertz CT molecular complexity index is 761. The molecule has 3 rings (SSSR count). The molecule has 0 fully saturated rings. The van der Waals surface area contributed by atoms with Crippen molar-refractivity contribution in [1.82, 2.24) is 19.3 Å². The van der Waals surface area contributed by atoms with Crippen molar-refractivity contribution in [3.05, 3.63) is 53.7 Å². The van der Waals surface area contributed by atoms with Gasteiger partial charge in [-0.3, -0.25) is 4.68 Å². The third-order valence-electron chi connectivity index (χ3n) is 3.42. The van der Waals surface area contributed by atoms with Crippen molar-refractivity contribution in [2.45, 2.75) is 13.5 Å². The van der Waals surface area contributed by atoms with Crippen molar-refractivity contribution >= 4 is 11.6 Å². The van der Waals surface area contributed by atoms with Crippen LogP contribution in [-0.4, -0.2) is 25.9 Å². The number of rotatable bonds is 5. The van der Waals surface area contributed by atoms with E-state index in [0.29, 0.717) is 18.2 Å². The van der Waals surface area contributed by atoms with Gasteiger partial charge in [0, 0.05) is 23.8 Å². The Hall–Kier alpha value is -2.27. The molecule has 0 spiro atoms. The molecular formula is C16H17ClN4O. The third kappa shape index (κ3) is 3.14. The summed E-state index contributed by atoms with van der Waals surface area (Å²) in [4.78, 5) is 4.24. The number of aryl methyl sites for hydroxylation is 2. The zero-order valence-electron chi connectivity index (χ0n) is 12.5. The number of hydrogen-bond donors (Lipinski definition) is 0. The Balaban J connectivity index is 1.68. The van der Waals surface area contributed by atoms with Crippen molar-refractivity contribution in [3.63, 3.8) is 0 Å². The maximum atomic E-state index is 5.86. The summed E-state index contributed by atoms with van der Waals surface area (Å²) in [6.07, 6.45) is 5.67. The molecule has 5 nitrogen and oxygen atoms in total. The number of benzene rings is 1. The fourth-order valence-corrected chi connectivity index (χ4v) is 2.49. The minimum atomic E-state index is 0.560. The smallest absolute Gasteiger partial charge is 0.119 e. The van der Waals surface area contributed by atoms with Gasteiger partial charge in [0.1, 0.15) is 12.4 Å². The van der Waals surface area contributed by atoms with Crippen LogP contribution in [0.3, 0.4) is 0 Å². The molecule has 0 saturated heterocycles. The van der Waals surface area contributed by atoms with E-state index in [-0.39, 0.29) is 0 Å². The molecule has 0 aliphatic carbocycles. The first-order valence-electron chi connectivity index (χ1n) is 7.02. The average molecular weight is 317 g/mol. The van der Waals surface area contributed by atoms with Gasteiger partial charge < -0.3 is 9.30 Å². The molecular weight excluding hydrogens is 300 g/mol. The van der Waals surface area contributed by atoms with Crippen LogP contribution in [0.25, 0.3) is 11.3 Å². The van der Waals surface area contributed by atoms with Gasteiger partial charge in [-0.05, 0) is 31.2 Å². The SMILES string of the molecule is Cc1nn(C)cc1-c1cncn1CCOc1ccc(Cl)cc1. The van der Waals surface area contributed by atoms with E-state index in [4.69, 9.17) is 16.3 Å². The molecule has 2 aromatic heterocycles. The summed E-state index contributed by atoms with van der Waals surface area (Å²) in [5.74, 6) is 0.809. The van der Waals surface area contributed by atoms with Crippen molar-refractivity contribution in [3.8, 4) is 17.0 Å². The third-order valence-corrected chi connectivity index (χ3v) is 3.67. The summed E-state index contributed by atoms with van der Waals surface area (Å²) < 4.78 is 9.61. The largest absolute Gasteiger partial charge is 0.492 e. The molecule has 0 atom stereocenters. The summed E-state index contributed by atoms with van der Waals surface area (Å²) in [5.41, 5.74) is 3.12. The van der Waals surface area contributed by atoms with E-state index in [9.17, 15) is 0 Å². The highest BCUT2D eigenvalue weighted by molar-refractivity contribution is 6.30. The van der Waals surface area contributed by atoms with Crippen LogP contribution in [0.15, 0.2) is 43.0 Å². The maximum absolute atomic E-state index is 5.86. The normalized spacial score (nSPS) is 10.9. The lowest BCUT2D eigenvalue weighted by molar-refractivity contribution is 0.299. The highest BCUT2D eigenvalue weighted by Gasteiger charge is 2.11. The van der Waals surface area contributed by atoms with Gasteiger partial charge in [0.2, 0.25) is 0 Å². The van der Waals surface area contributed by atoms with Gasteiger partial charge in [-0.25, -0.2) is 4.98 Å². The van der Waals surface area contributed by atoms with Gasteiger partial charge in [-0.2, -0.15) is 5.10 Å². The fourth-order valence-electron chi connectivity index (χ4n) is 2.37. The number of aromatic nitrogens is 4. The van der Waals surface area contributed by atoms with Crippen molar-refractivity contribution in [2.75, 3.05) is 6.61 Å². The van der Waals surface area contributed by atoms with Gasteiger partial charge >= 0.3 is 0 Å². The van der Waals surface area contributed by atoms with E-state index in [1.165, 1.54) is 0 Å². The van der Waals surface area contributed by atoms with E-state index in [2.05, 4.69) is 14.6 Å². The van der Waals surface area contributed by atoms with Crippen LogP contribution in [0, 0.1) is 6.92 Å². The molecule has 0 unspecified atom stereocenters. The van der Waals surface area contributed by atoms with Crippen LogP contribution in [-0.2, 0) is 13.6 Å². The minimum Gasteiger partial charge on any atom is -0.492 e. The highest BCUT2D eigenvalue weighted by atomic mass is 35.5. The monoisotopic (exact) mass is 316 g/mol. The number of imidazole rings is 1. The minimum absolute atomic E-state index is 0.560. The number of halogens is 1. The molecule has 0 aliphatic heterocycles. The van der Waals surface area contributed by atoms with Crippen LogP contribution >= 0.6 is 11.6 Å². The standard InChI is InChI=1S/C16H17ClN4O/c1-12-15(10-20(2)19-12)16-9-18-11-21(16)7-8-22-14-5-3-13(17)4-6-14/h3-6,9-11H,7-8H2,1-2H3. The van der Waals surface area contributed by atoms with E-state index in [1.807, 2.05) is 61.6 Å². The number of hydrogen-bond acceptors (Lipinski definition) is 3. The van der Waals surface area contributed by atoms with Gasteiger partial charge in [0.05, 0.1) is 30.5 Å². The molecule has 2 heterocycles. The van der Waals surface area contributed by atoms with Crippen LogP contribution in [0.1, 0.15) is 5.69 Å². The Morgan fingerprint density at radius 1 is 1.23 bits per heavy atom. The molecule has 3 aromatic rings. The summed E-state index contributed by atoms with van der Waals surface area (Å²) in [7, 11) is 1.92. The Kier molecular flexibility index (Phi) is 4.15. The second kappa shape index (κ2) is 6.23. The van der Waals surface area contributed by atoms with Gasteiger partial charge in [0.25, 0.3) is 0 Å². The van der Waals surface area contributed by atoms with Gasteiger partial charge in [-0.15, -0.1) is 0 Å². The summed E-state index contributed by atoms with van der Waals surface area (Å²) >= 11 is 5.86.